The van der Waals surface area contributed by atoms with Crippen molar-refractivity contribution in [2.24, 2.45) is 5.73 Å². The van der Waals surface area contributed by atoms with Crippen LogP contribution in [0.1, 0.15) is 12.0 Å². The smallest absolute Gasteiger partial charge is 0.231 e. The van der Waals surface area contributed by atoms with E-state index in [4.69, 9.17) is 11.5 Å². The fourth-order valence-corrected chi connectivity index (χ4v) is 2.21. The zero-order valence-electron chi connectivity index (χ0n) is 12.0. The lowest BCUT2D eigenvalue weighted by molar-refractivity contribution is -0.119. The van der Waals surface area contributed by atoms with Gasteiger partial charge in [0.25, 0.3) is 0 Å². The number of anilines is 1. The van der Waals surface area contributed by atoms with Crippen LogP contribution in [0.5, 0.6) is 0 Å². The van der Waals surface area contributed by atoms with Crippen molar-refractivity contribution in [3.63, 3.8) is 0 Å². The molecule has 1 amide bonds. The van der Waals surface area contributed by atoms with Crippen molar-refractivity contribution >= 4 is 11.6 Å². The van der Waals surface area contributed by atoms with Gasteiger partial charge in [-0.1, -0.05) is 12.1 Å². The molecular formula is C15H21N5O. The number of hydrogen-bond acceptors (Lipinski definition) is 4. The van der Waals surface area contributed by atoms with Crippen LogP contribution in [-0.2, 0) is 17.9 Å². The van der Waals surface area contributed by atoms with E-state index in [1.54, 1.807) is 12.5 Å². The number of hydrogen-bond donors (Lipinski definition) is 2. The van der Waals surface area contributed by atoms with E-state index in [1.807, 2.05) is 39.9 Å². The first-order valence-corrected chi connectivity index (χ1v) is 6.94. The van der Waals surface area contributed by atoms with Crippen molar-refractivity contribution in [1.29, 1.82) is 0 Å². The molecule has 2 rings (SSSR count). The molecule has 6 heteroatoms. The minimum absolute atomic E-state index is 0.258. The van der Waals surface area contributed by atoms with Gasteiger partial charge < -0.3 is 16.0 Å². The Morgan fingerprint density at radius 1 is 1.29 bits per heavy atom. The molecule has 0 bridgehead atoms. The molecule has 0 aliphatic heterocycles. The predicted octanol–water partition coefficient (Wildman–Crippen LogP) is 0.843. The van der Waals surface area contributed by atoms with E-state index in [1.165, 1.54) is 0 Å². The number of nitrogen functional groups attached to an aromatic ring is 1. The molecule has 1 aromatic heterocycles. The maximum absolute atomic E-state index is 11.2. The number of aryl methyl sites for hydroxylation is 1. The van der Waals surface area contributed by atoms with Gasteiger partial charge in [-0.05, 0) is 24.1 Å². The number of imidazole rings is 1. The van der Waals surface area contributed by atoms with Crippen LogP contribution in [0.4, 0.5) is 5.69 Å². The highest BCUT2D eigenvalue weighted by Crippen LogP contribution is 2.09. The lowest BCUT2D eigenvalue weighted by Crippen LogP contribution is -2.34. The van der Waals surface area contributed by atoms with Crippen molar-refractivity contribution in [1.82, 2.24) is 14.5 Å². The van der Waals surface area contributed by atoms with Gasteiger partial charge in [-0.2, -0.15) is 0 Å². The number of aromatic nitrogens is 2. The fourth-order valence-electron chi connectivity index (χ4n) is 2.21. The Hall–Kier alpha value is -2.34. The molecule has 0 unspecified atom stereocenters. The van der Waals surface area contributed by atoms with Gasteiger partial charge in [0.1, 0.15) is 0 Å². The van der Waals surface area contributed by atoms with E-state index in [0.717, 1.165) is 30.8 Å². The van der Waals surface area contributed by atoms with Gasteiger partial charge >= 0.3 is 0 Å². The molecular weight excluding hydrogens is 266 g/mol. The predicted molar refractivity (Wildman–Crippen MR) is 82.2 cm³/mol. The van der Waals surface area contributed by atoms with Gasteiger partial charge in [-0.25, -0.2) is 4.98 Å². The summed E-state index contributed by atoms with van der Waals surface area (Å²) >= 11 is 0. The Kier molecular flexibility index (Phi) is 5.34. The number of nitrogens with zero attached hydrogens (tertiary/aromatic N) is 3. The second-order valence-corrected chi connectivity index (χ2v) is 5.07. The molecule has 21 heavy (non-hydrogen) atoms. The molecule has 2 aromatic rings. The topological polar surface area (TPSA) is 90.2 Å². The summed E-state index contributed by atoms with van der Waals surface area (Å²) < 4.78 is 2.02. The molecule has 112 valence electrons. The quantitative estimate of drug-likeness (QED) is 0.704. The minimum atomic E-state index is -0.312. The van der Waals surface area contributed by atoms with Crippen LogP contribution >= 0.6 is 0 Å². The Morgan fingerprint density at radius 3 is 2.67 bits per heavy atom. The number of primary amides is 1. The maximum Gasteiger partial charge on any atom is 0.231 e. The zero-order valence-corrected chi connectivity index (χ0v) is 12.0. The molecule has 0 aliphatic carbocycles. The third-order valence-corrected chi connectivity index (χ3v) is 3.22. The molecule has 0 atom stereocenters. The van der Waals surface area contributed by atoms with Crippen LogP contribution in [0, 0.1) is 0 Å². The largest absolute Gasteiger partial charge is 0.399 e. The summed E-state index contributed by atoms with van der Waals surface area (Å²) in [7, 11) is 0. The number of carbonyl (C=O) groups excluding carboxylic acids is 1. The van der Waals surface area contributed by atoms with Crippen molar-refractivity contribution in [2.45, 2.75) is 19.5 Å². The van der Waals surface area contributed by atoms with E-state index >= 15 is 0 Å². The zero-order chi connectivity index (χ0) is 15.1. The second kappa shape index (κ2) is 7.44. The van der Waals surface area contributed by atoms with Gasteiger partial charge in [-0.15, -0.1) is 0 Å². The number of carbonyl (C=O) groups is 1. The third kappa shape index (κ3) is 5.27. The highest BCUT2D eigenvalue weighted by molar-refractivity contribution is 5.75. The lowest BCUT2D eigenvalue weighted by atomic mass is 10.2. The first kappa shape index (κ1) is 15.1. The van der Waals surface area contributed by atoms with Crippen LogP contribution in [0.3, 0.4) is 0 Å². The Bertz CT molecular complexity index is 550. The summed E-state index contributed by atoms with van der Waals surface area (Å²) in [6.45, 7) is 2.62. The molecule has 0 fully saturated rings. The van der Waals surface area contributed by atoms with Crippen LogP contribution in [0.25, 0.3) is 0 Å². The highest BCUT2D eigenvalue weighted by atomic mass is 16.1. The van der Waals surface area contributed by atoms with Crippen molar-refractivity contribution in [2.75, 3.05) is 18.8 Å². The molecule has 4 N–H and O–H groups in total. The van der Waals surface area contributed by atoms with Crippen molar-refractivity contribution < 1.29 is 4.79 Å². The van der Waals surface area contributed by atoms with E-state index in [-0.39, 0.29) is 12.5 Å². The monoisotopic (exact) mass is 287 g/mol. The van der Waals surface area contributed by atoms with Crippen LogP contribution < -0.4 is 11.5 Å². The van der Waals surface area contributed by atoms with Gasteiger partial charge in [0, 0.05) is 37.7 Å². The standard InChI is InChI=1S/C15H21N5O/c16-14-4-2-13(3-5-14)10-20(11-15(17)21)8-1-7-19-9-6-18-12-19/h2-6,9,12H,1,7-8,10-11,16H2,(H2,17,21). The van der Waals surface area contributed by atoms with Gasteiger partial charge in [0.15, 0.2) is 0 Å². The molecule has 1 aromatic carbocycles. The maximum atomic E-state index is 11.2. The fraction of sp³-hybridized carbons (Fsp3) is 0.333. The Balaban J connectivity index is 1.87. The minimum Gasteiger partial charge on any atom is -0.399 e. The second-order valence-electron chi connectivity index (χ2n) is 5.07. The number of rotatable bonds is 8. The summed E-state index contributed by atoms with van der Waals surface area (Å²) in [5.41, 5.74) is 12.9. The van der Waals surface area contributed by atoms with E-state index < -0.39 is 0 Å². The van der Waals surface area contributed by atoms with Crippen molar-refractivity contribution in [3.05, 3.63) is 48.5 Å². The number of nitrogens with two attached hydrogens (primary N) is 2. The average Bonchev–Trinajstić information content (AvgIpc) is 2.94. The van der Waals surface area contributed by atoms with E-state index in [9.17, 15) is 4.79 Å². The summed E-state index contributed by atoms with van der Waals surface area (Å²) in [6, 6.07) is 7.67. The van der Waals surface area contributed by atoms with Crippen LogP contribution in [-0.4, -0.2) is 33.4 Å². The van der Waals surface area contributed by atoms with Gasteiger partial charge in [0.05, 0.1) is 12.9 Å². The Labute approximate surface area is 124 Å². The summed E-state index contributed by atoms with van der Waals surface area (Å²) in [6.07, 6.45) is 6.41. The third-order valence-electron chi connectivity index (χ3n) is 3.22. The van der Waals surface area contributed by atoms with Crippen molar-refractivity contribution in [3.8, 4) is 0 Å². The molecule has 0 radical (unpaired) electrons. The number of amides is 1. The number of benzene rings is 1. The Morgan fingerprint density at radius 2 is 2.05 bits per heavy atom. The van der Waals surface area contributed by atoms with Crippen LogP contribution in [0.2, 0.25) is 0 Å². The van der Waals surface area contributed by atoms with Gasteiger partial charge in [0.2, 0.25) is 5.91 Å². The summed E-state index contributed by atoms with van der Waals surface area (Å²) in [5, 5.41) is 0. The summed E-state index contributed by atoms with van der Waals surface area (Å²) in [4.78, 5) is 17.2. The van der Waals surface area contributed by atoms with Crippen LogP contribution in [0.15, 0.2) is 43.0 Å². The molecule has 0 saturated carbocycles. The highest BCUT2D eigenvalue weighted by Gasteiger charge is 2.09. The van der Waals surface area contributed by atoms with E-state index in [2.05, 4.69) is 4.98 Å². The molecule has 0 saturated heterocycles. The molecule has 6 nitrogen and oxygen atoms in total. The molecule has 1 heterocycles. The SMILES string of the molecule is NC(=O)CN(CCCn1ccnc1)Cc1ccc(N)cc1. The molecule has 0 spiro atoms. The summed E-state index contributed by atoms with van der Waals surface area (Å²) in [5.74, 6) is -0.312. The first-order chi connectivity index (χ1) is 10.1. The van der Waals surface area contributed by atoms with Gasteiger partial charge in [-0.3, -0.25) is 9.69 Å². The normalized spacial score (nSPS) is 10.9. The average molecular weight is 287 g/mol. The lowest BCUT2D eigenvalue weighted by Gasteiger charge is -2.21. The van der Waals surface area contributed by atoms with E-state index in [0.29, 0.717) is 6.54 Å². The first-order valence-electron chi connectivity index (χ1n) is 6.94. The molecule has 0 aliphatic rings.